The van der Waals surface area contributed by atoms with Crippen LogP contribution in [0, 0.1) is 0 Å². The summed E-state index contributed by atoms with van der Waals surface area (Å²) in [7, 11) is -1.75. The average molecular weight is 230 g/mol. The summed E-state index contributed by atoms with van der Waals surface area (Å²) in [6.07, 6.45) is 0. The Morgan fingerprint density at radius 1 is 1.00 bits per heavy atom. The molecular weight excluding hydrogens is 222 g/mol. The molecule has 16 heavy (non-hydrogen) atoms. The Morgan fingerprint density at radius 3 is 1.81 bits per heavy atom. The van der Waals surface area contributed by atoms with Gasteiger partial charge in [0.15, 0.2) is 5.60 Å². The van der Waals surface area contributed by atoms with Gasteiger partial charge >= 0.3 is 14.6 Å². The Bertz CT molecular complexity index is 360. The maximum absolute atomic E-state index is 10.4. The third-order valence-corrected chi connectivity index (χ3v) is 3.45. The fourth-order valence-electron chi connectivity index (χ4n) is 2.44. The van der Waals surface area contributed by atoms with Crippen LogP contribution in [0.1, 0.15) is 13.8 Å². The molecule has 6 fully saturated rings. The SMILES string of the molecule is CC1(O)OB2OC1(C(C)(O)C13OB(O1)O3)O2. The summed E-state index contributed by atoms with van der Waals surface area (Å²) in [5.74, 6) is -5.25. The van der Waals surface area contributed by atoms with E-state index in [1.54, 1.807) is 0 Å². The van der Waals surface area contributed by atoms with Crippen molar-refractivity contribution < 1.29 is 38.1 Å². The lowest BCUT2D eigenvalue weighted by atomic mass is 9.78. The van der Waals surface area contributed by atoms with Crippen molar-refractivity contribution in [2.75, 3.05) is 0 Å². The van der Waals surface area contributed by atoms with E-state index in [1.807, 2.05) is 0 Å². The zero-order valence-corrected chi connectivity index (χ0v) is 8.50. The van der Waals surface area contributed by atoms with Crippen molar-refractivity contribution in [3.8, 4) is 0 Å². The lowest BCUT2D eigenvalue weighted by Crippen LogP contribution is -2.90. The number of rotatable bonds is 2. The van der Waals surface area contributed by atoms with Gasteiger partial charge in [-0.2, -0.15) is 0 Å². The van der Waals surface area contributed by atoms with Crippen molar-refractivity contribution in [3.05, 3.63) is 0 Å². The van der Waals surface area contributed by atoms with Crippen molar-refractivity contribution in [2.24, 2.45) is 0 Å². The maximum Gasteiger partial charge on any atom is 0.651 e. The zero-order valence-electron chi connectivity index (χ0n) is 8.50. The lowest BCUT2D eigenvalue weighted by molar-refractivity contribution is -0.549. The smallest absolute Gasteiger partial charge is 0.377 e. The molecule has 8 nitrogen and oxygen atoms in total. The van der Waals surface area contributed by atoms with Gasteiger partial charge in [0.05, 0.1) is 0 Å². The molecule has 10 heteroatoms. The molecular formula is C6H8B2O8. The molecule has 0 amide bonds. The van der Waals surface area contributed by atoms with Gasteiger partial charge in [0.25, 0.3) is 5.97 Å². The summed E-state index contributed by atoms with van der Waals surface area (Å²) >= 11 is 0. The van der Waals surface area contributed by atoms with Crippen LogP contribution in [0.15, 0.2) is 0 Å². The second-order valence-corrected chi connectivity index (χ2v) is 4.51. The second kappa shape index (κ2) is 2.20. The molecule has 0 radical (unpaired) electrons. The Morgan fingerprint density at radius 2 is 1.50 bits per heavy atom. The first-order valence-electron chi connectivity index (χ1n) is 4.84. The van der Waals surface area contributed by atoms with Crippen molar-refractivity contribution in [1.29, 1.82) is 0 Å². The fraction of sp³-hybridized carbons (Fsp3) is 1.00. The molecule has 2 unspecified atom stereocenters. The summed E-state index contributed by atoms with van der Waals surface area (Å²) in [4.78, 5) is 0. The lowest BCUT2D eigenvalue weighted by Gasteiger charge is -2.65. The normalized spacial score (nSPS) is 50.2. The molecule has 0 aromatic rings. The van der Waals surface area contributed by atoms with Crippen LogP contribution in [-0.2, 0) is 27.9 Å². The van der Waals surface area contributed by atoms with Gasteiger partial charge < -0.3 is 38.1 Å². The topological polar surface area (TPSA) is 95.8 Å². The average Bonchev–Trinajstić information content (AvgIpc) is 2.23. The molecule has 2 N–H and O–H groups in total. The van der Waals surface area contributed by atoms with E-state index in [0.717, 1.165) is 0 Å². The van der Waals surface area contributed by atoms with Crippen LogP contribution in [0.5, 0.6) is 0 Å². The Balaban J connectivity index is 1.75. The first kappa shape index (κ1) is 9.80. The van der Waals surface area contributed by atoms with Crippen LogP contribution in [0.25, 0.3) is 0 Å². The number of hydrogen-bond acceptors (Lipinski definition) is 8. The minimum Gasteiger partial charge on any atom is -0.377 e. The van der Waals surface area contributed by atoms with Crippen LogP contribution in [0.4, 0.5) is 0 Å². The number of hydrogen-bond donors (Lipinski definition) is 2. The first-order chi connectivity index (χ1) is 7.32. The molecule has 4 bridgehead atoms. The predicted molar refractivity (Wildman–Crippen MR) is 44.7 cm³/mol. The first-order valence-corrected chi connectivity index (χ1v) is 4.84. The second-order valence-electron chi connectivity index (χ2n) is 4.51. The molecule has 0 aliphatic carbocycles. The van der Waals surface area contributed by atoms with E-state index in [1.165, 1.54) is 13.8 Å². The van der Waals surface area contributed by atoms with Gasteiger partial charge in [0.1, 0.15) is 0 Å². The van der Waals surface area contributed by atoms with E-state index in [9.17, 15) is 10.2 Å². The van der Waals surface area contributed by atoms with Crippen LogP contribution < -0.4 is 0 Å². The van der Waals surface area contributed by atoms with E-state index in [0.29, 0.717) is 0 Å². The van der Waals surface area contributed by atoms with Crippen molar-refractivity contribution in [1.82, 2.24) is 0 Å². The standard InChI is InChI=1S/C6H8B2O8/c1-3(9,6-14-8(15-6)16-6)5-4(2,10)11-7(12-5)13-5/h9-10H,1-2H3. The molecule has 6 saturated heterocycles. The Labute approximate surface area is 90.7 Å². The van der Waals surface area contributed by atoms with Crippen LogP contribution in [0.3, 0.4) is 0 Å². The van der Waals surface area contributed by atoms with Gasteiger partial charge in [0.2, 0.25) is 11.6 Å². The molecule has 0 aromatic heterocycles. The van der Waals surface area contributed by atoms with E-state index >= 15 is 0 Å². The van der Waals surface area contributed by atoms with Gasteiger partial charge in [-0.25, -0.2) is 0 Å². The van der Waals surface area contributed by atoms with Gasteiger partial charge in [-0.1, -0.05) is 0 Å². The predicted octanol–water partition coefficient (Wildman–Crippen LogP) is -2.08. The van der Waals surface area contributed by atoms with Gasteiger partial charge in [-0.05, 0) is 13.8 Å². The van der Waals surface area contributed by atoms with Crippen LogP contribution in [-0.4, -0.2) is 48.0 Å². The third-order valence-electron chi connectivity index (χ3n) is 3.45. The summed E-state index contributed by atoms with van der Waals surface area (Å²) in [5, 5.41) is 20.4. The van der Waals surface area contributed by atoms with Crippen molar-refractivity contribution in [3.63, 3.8) is 0 Å². The van der Waals surface area contributed by atoms with E-state index < -0.39 is 37.8 Å². The quantitative estimate of drug-likeness (QED) is 0.521. The van der Waals surface area contributed by atoms with E-state index in [2.05, 4.69) is 0 Å². The third kappa shape index (κ3) is 0.702. The molecule has 6 aliphatic rings. The van der Waals surface area contributed by atoms with E-state index in [-0.39, 0.29) is 0 Å². The zero-order chi connectivity index (χ0) is 11.4. The minimum atomic E-state index is -1.87. The number of fused-ring (bicyclic) bond motifs is 1. The highest BCUT2D eigenvalue weighted by molar-refractivity contribution is 6.43. The van der Waals surface area contributed by atoms with E-state index in [4.69, 9.17) is 27.9 Å². The molecule has 0 saturated carbocycles. The highest BCUT2D eigenvalue weighted by atomic mass is 17.1. The van der Waals surface area contributed by atoms with Crippen LogP contribution >= 0.6 is 0 Å². The molecule has 2 atom stereocenters. The molecule has 6 heterocycles. The largest absolute Gasteiger partial charge is 0.651 e. The monoisotopic (exact) mass is 230 g/mol. The molecule has 6 rings (SSSR count). The molecule has 6 aliphatic heterocycles. The van der Waals surface area contributed by atoms with Crippen molar-refractivity contribution >= 4 is 14.6 Å². The van der Waals surface area contributed by atoms with Crippen LogP contribution in [0.2, 0.25) is 0 Å². The summed E-state index contributed by atoms with van der Waals surface area (Å²) in [6.45, 7) is 2.64. The molecule has 0 aromatic carbocycles. The molecule has 0 spiro atoms. The summed E-state index contributed by atoms with van der Waals surface area (Å²) in [6, 6.07) is 0. The van der Waals surface area contributed by atoms with Gasteiger partial charge in [-0.3, -0.25) is 0 Å². The summed E-state index contributed by atoms with van der Waals surface area (Å²) in [5.41, 5.74) is -1.87. The van der Waals surface area contributed by atoms with Gasteiger partial charge in [-0.15, -0.1) is 0 Å². The molecule has 86 valence electrons. The highest BCUT2D eigenvalue weighted by Crippen LogP contribution is 2.61. The number of aliphatic hydroxyl groups is 2. The maximum atomic E-state index is 10.4. The fourth-order valence-corrected chi connectivity index (χ4v) is 2.44. The minimum absolute atomic E-state index is 0.758. The van der Waals surface area contributed by atoms with Gasteiger partial charge in [0, 0.05) is 0 Å². The highest BCUT2D eigenvalue weighted by Gasteiger charge is 2.90. The summed E-state index contributed by atoms with van der Waals surface area (Å²) < 4.78 is 30.5. The van der Waals surface area contributed by atoms with Crippen molar-refractivity contribution in [2.45, 2.75) is 37.0 Å². The Hall–Kier alpha value is -0.190. The Kier molecular flexibility index (Phi) is 1.35.